The molecule has 0 spiro atoms. The highest BCUT2D eigenvalue weighted by Gasteiger charge is 2.27. The van der Waals surface area contributed by atoms with Crippen LogP contribution in [0.5, 0.6) is 0 Å². The topological polar surface area (TPSA) is 21.3 Å². The molecule has 0 rings (SSSR count). The van der Waals surface area contributed by atoms with Crippen LogP contribution < -0.4 is 5.32 Å². The third-order valence-corrected chi connectivity index (χ3v) is 3.82. The number of ether oxygens (including phenoxy) is 1. The minimum Gasteiger partial charge on any atom is -0.379 e. The van der Waals surface area contributed by atoms with E-state index in [2.05, 4.69) is 53.8 Å². The highest BCUT2D eigenvalue weighted by Crippen LogP contribution is 2.31. The van der Waals surface area contributed by atoms with E-state index in [0.717, 1.165) is 25.4 Å². The highest BCUT2D eigenvalue weighted by molar-refractivity contribution is 4.79. The zero-order valence-electron chi connectivity index (χ0n) is 13.9. The van der Waals surface area contributed by atoms with Crippen LogP contribution in [0.25, 0.3) is 0 Å². The maximum absolute atomic E-state index is 5.52. The van der Waals surface area contributed by atoms with Crippen LogP contribution in [0.2, 0.25) is 0 Å². The lowest BCUT2D eigenvalue weighted by Crippen LogP contribution is -2.35. The summed E-state index contributed by atoms with van der Waals surface area (Å²) in [6.45, 7) is 18.1. The van der Waals surface area contributed by atoms with Crippen molar-refractivity contribution in [3.05, 3.63) is 0 Å². The Morgan fingerprint density at radius 2 is 1.56 bits per heavy atom. The third kappa shape index (κ3) is 8.10. The zero-order chi connectivity index (χ0) is 14.4. The van der Waals surface area contributed by atoms with Gasteiger partial charge in [-0.3, -0.25) is 0 Å². The smallest absolute Gasteiger partial charge is 0.0622 e. The molecule has 1 N–H and O–H groups in total. The van der Waals surface area contributed by atoms with Gasteiger partial charge in [0.2, 0.25) is 0 Å². The second-order valence-corrected chi connectivity index (χ2v) is 7.62. The Morgan fingerprint density at radius 1 is 1.00 bits per heavy atom. The molecule has 0 aromatic carbocycles. The molecule has 0 aliphatic heterocycles. The molecule has 2 heteroatoms. The molecule has 0 aliphatic carbocycles. The van der Waals surface area contributed by atoms with Crippen molar-refractivity contribution in [3.63, 3.8) is 0 Å². The van der Waals surface area contributed by atoms with Crippen LogP contribution in [-0.4, -0.2) is 25.8 Å². The lowest BCUT2D eigenvalue weighted by atomic mass is 9.76. The molecule has 0 amide bonds. The van der Waals surface area contributed by atoms with Crippen molar-refractivity contribution < 1.29 is 4.74 Å². The molecule has 110 valence electrons. The van der Waals surface area contributed by atoms with Gasteiger partial charge in [-0.25, -0.2) is 0 Å². The van der Waals surface area contributed by atoms with Crippen LogP contribution in [0, 0.1) is 17.3 Å². The fourth-order valence-corrected chi connectivity index (χ4v) is 2.01. The zero-order valence-corrected chi connectivity index (χ0v) is 13.9. The van der Waals surface area contributed by atoms with E-state index in [0.29, 0.717) is 11.3 Å². The number of hydrogen-bond donors (Lipinski definition) is 1. The largest absolute Gasteiger partial charge is 0.379 e. The standard InChI is InChI=1S/C16H35NO/c1-13(2)11-17-12-14(15(3,4)5)9-10-16(6,7)18-8/h13-14,17H,9-12H2,1-8H3. The van der Waals surface area contributed by atoms with Crippen molar-refractivity contribution in [2.24, 2.45) is 17.3 Å². The SMILES string of the molecule is COC(C)(C)CCC(CNCC(C)C)C(C)(C)C. The Kier molecular flexibility index (Phi) is 7.46. The van der Waals surface area contributed by atoms with Gasteiger partial charge in [0.1, 0.15) is 0 Å². The fourth-order valence-electron chi connectivity index (χ4n) is 2.01. The quantitative estimate of drug-likeness (QED) is 0.707. The maximum atomic E-state index is 5.52. The summed E-state index contributed by atoms with van der Waals surface area (Å²) in [7, 11) is 1.81. The van der Waals surface area contributed by atoms with E-state index in [1.807, 2.05) is 7.11 Å². The normalized spacial score (nSPS) is 15.2. The molecule has 1 unspecified atom stereocenters. The summed E-state index contributed by atoms with van der Waals surface area (Å²) in [4.78, 5) is 0. The van der Waals surface area contributed by atoms with Crippen molar-refractivity contribution in [1.29, 1.82) is 0 Å². The van der Waals surface area contributed by atoms with Crippen molar-refractivity contribution >= 4 is 0 Å². The number of hydrogen-bond acceptors (Lipinski definition) is 2. The molecule has 0 bridgehead atoms. The molecule has 0 heterocycles. The summed E-state index contributed by atoms with van der Waals surface area (Å²) in [5, 5.41) is 3.60. The van der Waals surface area contributed by atoms with Crippen LogP contribution in [0.4, 0.5) is 0 Å². The van der Waals surface area contributed by atoms with E-state index in [1.54, 1.807) is 0 Å². The molecular weight excluding hydrogens is 222 g/mol. The van der Waals surface area contributed by atoms with Crippen LogP contribution in [0.3, 0.4) is 0 Å². The lowest BCUT2D eigenvalue weighted by Gasteiger charge is -2.34. The van der Waals surface area contributed by atoms with Crippen molar-refractivity contribution in [2.75, 3.05) is 20.2 Å². The molecule has 2 nitrogen and oxygen atoms in total. The van der Waals surface area contributed by atoms with Crippen molar-refractivity contribution in [1.82, 2.24) is 5.32 Å². The van der Waals surface area contributed by atoms with Gasteiger partial charge in [0.25, 0.3) is 0 Å². The number of rotatable bonds is 8. The van der Waals surface area contributed by atoms with Crippen LogP contribution in [0.15, 0.2) is 0 Å². The van der Waals surface area contributed by atoms with Crippen molar-refractivity contribution in [2.45, 2.75) is 66.9 Å². The Morgan fingerprint density at radius 3 is 1.94 bits per heavy atom. The molecule has 0 aromatic rings. The van der Waals surface area contributed by atoms with E-state index in [1.165, 1.54) is 6.42 Å². The van der Waals surface area contributed by atoms with Gasteiger partial charge in [-0.2, -0.15) is 0 Å². The average molecular weight is 257 g/mol. The number of nitrogens with one attached hydrogen (secondary N) is 1. The van der Waals surface area contributed by atoms with E-state index in [-0.39, 0.29) is 5.60 Å². The third-order valence-electron chi connectivity index (χ3n) is 3.82. The molecule has 0 saturated carbocycles. The lowest BCUT2D eigenvalue weighted by molar-refractivity contribution is 0.00574. The van der Waals surface area contributed by atoms with Gasteiger partial charge < -0.3 is 10.1 Å². The van der Waals surface area contributed by atoms with Crippen LogP contribution in [0.1, 0.15) is 61.3 Å². The van der Waals surface area contributed by atoms with Gasteiger partial charge in [0.05, 0.1) is 5.60 Å². The van der Waals surface area contributed by atoms with E-state index >= 15 is 0 Å². The molecule has 0 aliphatic rings. The van der Waals surface area contributed by atoms with Gasteiger partial charge in [-0.05, 0) is 57.0 Å². The highest BCUT2D eigenvalue weighted by atomic mass is 16.5. The van der Waals surface area contributed by atoms with Gasteiger partial charge >= 0.3 is 0 Å². The Labute approximate surface area is 115 Å². The summed E-state index contributed by atoms with van der Waals surface area (Å²) in [5.74, 6) is 1.42. The molecule has 1 atom stereocenters. The minimum absolute atomic E-state index is 0.00154. The maximum Gasteiger partial charge on any atom is 0.0622 e. The summed E-state index contributed by atoms with van der Waals surface area (Å²) < 4.78 is 5.52. The molecule has 0 aromatic heterocycles. The molecule has 18 heavy (non-hydrogen) atoms. The monoisotopic (exact) mass is 257 g/mol. The van der Waals surface area contributed by atoms with E-state index < -0.39 is 0 Å². The second kappa shape index (κ2) is 7.49. The predicted octanol–water partition coefficient (Wildman–Crippen LogP) is 4.10. The van der Waals surface area contributed by atoms with Crippen LogP contribution in [-0.2, 0) is 4.74 Å². The molecule has 0 saturated heterocycles. The predicted molar refractivity (Wildman–Crippen MR) is 81.0 cm³/mol. The van der Waals surface area contributed by atoms with E-state index in [9.17, 15) is 0 Å². The fraction of sp³-hybridized carbons (Fsp3) is 1.00. The summed E-state index contributed by atoms with van der Waals surface area (Å²) in [5.41, 5.74) is 0.356. The van der Waals surface area contributed by atoms with E-state index in [4.69, 9.17) is 4.74 Å². The van der Waals surface area contributed by atoms with Gasteiger partial charge in [0, 0.05) is 7.11 Å². The summed E-state index contributed by atoms with van der Waals surface area (Å²) in [6, 6.07) is 0. The molecular formula is C16H35NO. The Bertz CT molecular complexity index is 216. The molecule has 0 fully saturated rings. The van der Waals surface area contributed by atoms with Gasteiger partial charge in [0.15, 0.2) is 0 Å². The first kappa shape index (κ1) is 17.9. The first-order valence-electron chi connectivity index (χ1n) is 7.34. The summed E-state index contributed by atoms with van der Waals surface area (Å²) >= 11 is 0. The van der Waals surface area contributed by atoms with Crippen molar-refractivity contribution in [3.8, 4) is 0 Å². The van der Waals surface area contributed by atoms with Gasteiger partial charge in [-0.15, -0.1) is 0 Å². The van der Waals surface area contributed by atoms with Crippen LogP contribution >= 0.6 is 0 Å². The number of methoxy groups -OCH3 is 1. The van der Waals surface area contributed by atoms with Gasteiger partial charge in [-0.1, -0.05) is 34.6 Å². The average Bonchev–Trinajstić information content (AvgIpc) is 2.20. The second-order valence-electron chi connectivity index (χ2n) is 7.62. The minimum atomic E-state index is 0.00154. The Hall–Kier alpha value is -0.0800. The summed E-state index contributed by atoms with van der Waals surface area (Å²) in [6.07, 6.45) is 2.34. The first-order valence-corrected chi connectivity index (χ1v) is 7.34. The molecule has 0 radical (unpaired) electrons. The Balaban J connectivity index is 4.25. The first-order chi connectivity index (χ1) is 8.08.